The summed E-state index contributed by atoms with van der Waals surface area (Å²) in [6.07, 6.45) is 1.99. The number of thiocarbonyl (C=S) groups is 1. The number of rotatable bonds is 4. The highest BCUT2D eigenvalue weighted by Gasteiger charge is 2.34. The summed E-state index contributed by atoms with van der Waals surface area (Å²) in [7, 11) is 0. The molecule has 5 heteroatoms. The number of pyridine rings is 1. The minimum atomic E-state index is 0.0567. The van der Waals surface area contributed by atoms with Gasteiger partial charge in [0.2, 0.25) is 0 Å². The van der Waals surface area contributed by atoms with E-state index in [1.54, 1.807) is 0 Å². The number of ether oxygens (including phenoxy) is 1. The second-order valence-corrected chi connectivity index (χ2v) is 7.15. The van der Waals surface area contributed by atoms with Crippen LogP contribution in [0.1, 0.15) is 29.7 Å². The first-order valence-corrected chi connectivity index (χ1v) is 9.12. The van der Waals surface area contributed by atoms with Gasteiger partial charge in [-0.2, -0.15) is 0 Å². The normalized spacial score (nSPS) is 16.2. The standard InChI is InChI=1S/C20H25N3OS/c1-15-12-16(2)22-18(13-15)23-19(25)21-14-20(8-10-24-11-9-20)17-6-4-3-5-7-17/h3-7,12-13H,8-11,14H2,1-2H3,(H2,21,22,23,25). The van der Waals surface area contributed by atoms with E-state index >= 15 is 0 Å². The largest absolute Gasteiger partial charge is 0.381 e. The summed E-state index contributed by atoms with van der Waals surface area (Å²) in [5.41, 5.74) is 3.55. The third-order valence-electron chi connectivity index (χ3n) is 4.76. The van der Waals surface area contributed by atoms with Gasteiger partial charge in [0, 0.05) is 30.9 Å². The van der Waals surface area contributed by atoms with E-state index in [4.69, 9.17) is 17.0 Å². The first kappa shape index (κ1) is 17.8. The van der Waals surface area contributed by atoms with Crippen LogP contribution in [-0.4, -0.2) is 29.9 Å². The smallest absolute Gasteiger partial charge is 0.171 e. The predicted octanol–water partition coefficient (Wildman–Crippen LogP) is 3.73. The molecular weight excluding hydrogens is 330 g/mol. The summed E-state index contributed by atoms with van der Waals surface area (Å²) < 4.78 is 5.59. The zero-order valence-electron chi connectivity index (χ0n) is 14.8. The minimum absolute atomic E-state index is 0.0567. The van der Waals surface area contributed by atoms with Gasteiger partial charge in [-0.1, -0.05) is 30.3 Å². The maximum Gasteiger partial charge on any atom is 0.171 e. The Morgan fingerprint density at radius 1 is 1.16 bits per heavy atom. The van der Waals surface area contributed by atoms with E-state index in [-0.39, 0.29) is 5.41 Å². The van der Waals surface area contributed by atoms with Crippen molar-refractivity contribution in [3.05, 3.63) is 59.3 Å². The highest BCUT2D eigenvalue weighted by atomic mass is 32.1. The molecule has 0 saturated carbocycles. The fourth-order valence-electron chi connectivity index (χ4n) is 3.44. The minimum Gasteiger partial charge on any atom is -0.381 e. The Balaban J connectivity index is 1.68. The Hall–Kier alpha value is -1.98. The quantitative estimate of drug-likeness (QED) is 0.818. The SMILES string of the molecule is Cc1cc(C)nc(NC(=S)NCC2(c3ccccc3)CCOCC2)c1. The van der Waals surface area contributed by atoms with Gasteiger partial charge in [-0.25, -0.2) is 4.98 Å². The van der Waals surface area contributed by atoms with Crippen molar-refractivity contribution in [1.29, 1.82) is 0 Å². The van der Waals surface area contributed by atoms with Crippen molar-refractivity contribution in [3.8, 4) is 0 Å². The van der Waals surface area contributed by atoms with Crippen molar-refractivity contribution in [2.75, 3.05) is 25.1 Å². The third kappa shape index (κ3) is 4.55. The highest BCUT2D eigenvalue weighted by Crippen LogP contribution is 2.34. The van der Waals surface area contributed by atoms with Gasteiger partial charge < -0.3 is 15.4 Å². The molecule has 0 aliphatic carbocycles. The molecule has 1 aromatic carbocycles. The van der Waals surface area contributed by atoms with Crippen molar-refractivity contribution >= 4 is 23.1 Å². The van der Waals surface area contributed by atoms with Gasteiger partial charge in [0.05, 0.1) is 0 Å². The number of aromatic nitrogens is 1. The van der Waals surface area contributed by atoms with Crippen LogP contribution in [0.5, 0.6) is 0 Å². The van der Waals surface area contributed by atoms with Crippen LogP contribution in [0.15, 0.2) is 42.5 Å². The summed E-state index contributed by atoms with van der Waals surface area (Å²) in [4.78, 5) is 4.49. The number of benzene rings is 1. The van der Waals surface area contributed by atoms with Crippen LogP contribution in [0.4, 0.5) is 5.82 Å². The Morgan fingerprint density at radius 3 is 2.56 bits per heavy atom. The van der Waals surface area contributed by atoms with Gasteiger partial charge in [0.15, 0.2) is 5.11 Å². The first-order chi connectivity index (χ1) is 12.1. The lowest BCUT2D eigenvalue weighted by atomic mass is 9.74. The van der Waals surface area contributed by atoms with Crippen molar-refractivity contribution in [2.45, 2.75) is 32.1 Å². The monoisotopic (exact) mass is 355 g/mol. The molecule has 1 aliphatic heterocycles. The van der Waals surface area contributed by atoms with Crippen molar-refractivity contribution < 1.29 is 4.74 Å². The Bertz CT molecular complexity index is 707. The van der Waals surface area contributed by atoms with Crippen LogP contribution >= 0.6 is 12.2 Å². The van der Waals surface area contributed by atoms with Crippen LogP contribution in [-0.2, 0) is 10.2 Å². The summed E-state index contributed by atoms with van der Waals surface area (Å²) >= 11 is 5.50. The number of nitrogens with one attached hydrogen (secondary N) is 2. The molecule has 2 heterocycles. The van der Waals surface area contributed by atoms with Crippen LogP contribution in [0.25, 0.3) is 0 Å². The Morgan fingerprint density at radius 2 is 1.88 bits per heavy atom. The fourth-order valence-corrected chi connectivity index (χ4v) is 3.61. The molecule has 0 bridgehead atoms. The van der Waals surface area contributed by atoms with Gasteiger partial charge in [-0.05, 0) is 62.2 Å². The van der Waals surface area contributed by atoms with E-state index in [9.17, 15) is 0 Å². The van der Waals surface area contributed by atoms with Crippen molar-refractivity contribution in [3.63, 3.8) is 0 Å². The molecule has 3 rings (SSSR count). The summed E-state index contributed by atoms with van der Waals surface area (Å²) in [6, 6.07) is 14.7. The van der Waals surface area contributed by atoms with E-state index in [0.717, 1.165) is 44.1 Å². The second kappa shape index (κ2) is 7.93. The van der Waals surface area contributed by atoms with Gasteiger partial charge in [-0.3, -0.25) is 0 Å². The fraction of sp³-hybridized carbons (Fsp3) is 0.400. The maximum absolute atomic E-state index is 5.59. The van der Waals surface area contributed by atoms with Crippen LogP contribution in [0.3, 0.4) is 0 Å². The molecule has 25 heavy (non-hydrogen) atoms. The second-order valence-electron chi connectivity index (χ2n) is 6.74. The predicted molar refractivity (Wildman–Crippen MR) is 106 cm³/mol. The van der Waals surface area contributed by atoms with Crippen molar-refractivity contribution in [2.24, 2.45) is 0 Å². The molecule has 0 radical (unpaired) electrons. The van der Waals surface area contributed by atoms with Gasteiger partial charge >= 0.3 is 0 Å². The van der Waals surface area contributed by atoms with Gasteiger partial charge in [0.1, 0.15) is 5.82 Å². The molecule has 0 amide bonds. The average Bonchev–Trinajstić information content (AvgIpc) is 2.61. The molecule has 1 saturated heterocycles. The molecule has 0 atom stereocenters. The molecule has 132 valence electrons. The topological polar surface area (TPSA) is 46.2 Å². The molecular formula is C20H25N3OS. The lowest BCUT2D eigenvalue weighted by Gasteiger charge is -2.38. The van der Waals surface area contributed by atoms with Crippen LogP contribution in [0.2, 0.25) is 0 Å². The number of anilines is 1. The van der Waals surface area contributed by atoms with Gasteiger partial charge in [-0.15, -0.1) is 0 Å². The molecule has 0 unspecified atom stereocenters. The highest BCUT2D eigenvalue weighted by molar-refractivity contribution is 7.80. The van der Waals surface area contributed by atoms with E-state index in [2.05, 4.69) is 52.9 Å². The van der Waals surface area contributed by atoms with E-state index in [0.29, 0.717) is 5.11 Å². The van der Waals surface area contributed by atoms with E-state index < -0.39 is 0 Å². The van der Waals surface area contributed by atoms with E-state index in [1.165, 1.54) is 11.1 Å². The number of hydrogen-bond acceptors (Lipinski definition) is 3. The number of hydrogen-bond donors (Lipinski definition) is 2. The van der Waals surface area contributed by atoms with E-state index in [1.807, 2.05) is 19.1 Å². The van der Waals surface area contributed by atoms with Crippen LogP contribution in [0, 0.1) is 13.8 Å². The maximum atomic E-state index is 5.59. The average molecular weight is 356 g/mol. The van der Waals surface area contributed by atoms with Crippen LogP contribution < -0.4 is 10.6 Å². The lowest BCUT2D eigenvalue weighted by molar-refractivity contribution is 0.0515. The Kier molecular flexibility index (Phi) is 5.66. The summed E-state index contributed by atoms with van der Waals surface area (Å²) in [5.74, 6) is 0.788. The first-order valence-electron chi connectivity index (χ1n) is 8.71. The molecule has 1 aromatic heterocycles. The van der Waals surface area contributed by atoms with Gasteiger partial charge in [0.25, 0.3) is 0 Å². The molecule has 2 aromatic rings. The number of nitrogens with zero attached hydrogens (tertiary/aromatic N) is 1. The zero-order chi connectivity index (χ0) is 17.7. The van der Waals surface area contributed by atoms with Crippen molar-refractivity contribution in [1.82, 2.24) is 10.3 Å². The molecule has 2 N–H and O–H groups in total. The molecule has 1 aliphatic rings. The Labute approximate surface area is 155 Å². The third-order valence-corrected chi connectivity index (χ3v) is 5.01. The lowest BCUT2D eigenvalue weighted by Crippen LogP contribution is -2.45. The number of aryl methyl sites for hydroxylation is 2. The summed E-state index contributed by atoms with van der Waals surface area (Å²) in [6.45, 7) is 6.41. The molecule has 4 nitrogen and oxygen atoms in total. The molecule has 1 fully saturated rings. The zero-order valence-corrected chi connectivity index (χ0v) is 15.7. The summed E-state index contributed by atoms with van der Waals surface area (Å²) in [5, 5.41) is 7.22. The molecule has 0 spiro atoms.